The number of hydrogen-bond donors (Lipinski definition) is 2. The van der Waals surface area contributed by atoms with Gasteiger partial charge in [-0.15, -0.1) is 11.3 Å². The molecular formula is C25H18N6O4S2. The van der Waals surface area contributed by atoms with Crippen LogP contribution in [0.5, 0.6) is 5.88 Å². The molecule has 37 heavy (non-hydrogen) atoms. The largest absolute Gasteiger partial charge is 0.480 e. The second kappa shape index (κ2) is 8.91. The highest BCUT2D eigenvalue weighted by molar-refractivity contribution is 7.92. The molecule has 0 spiro atoms. The molecule has 6 rings (SSSR count). The molecule has 1 aliphatic rings. The fraction of sp³-hybridized carbons (Fsp3) is 0.0800. The Hall–Kier alpha value is -4.42. The lowest BCUT2D eigenvalue weighted by molar-refractivity contribution is 0.0950. The zero-order valence-corrected chi connectivity index (χ0v) is 20.9. The number of methoxy groups -OCH3 is 1. The van der Waals surface area contributed by atoms with Crippen molar-refractivity contribution < 1.29 is 17.9 Å². The molecule has 0 aliphatic carbocycles. The van der Waals surface area contributed by atoms with E-state index in [-0.39, 0.29) is 28.6 Å². The van der Waals surface area contributed by atoms with E-state index in [0.717, 1.165) is 26.2 Å². The zero-order chi connectivity index (χ0) is 25.6. The van der Waals surface area contributed by atoms with Gasteiger partial charge in [0.1, 0.15) is 12.0 Å². The van der Waals surface area contributed by atoms with Gasteiger partial charge in [-0.25, -0.2) is 23.4 Å². The third kappa shape index (κ3) is 4.26. The van der Waals surface area contributed by atoms with Crippen molar-refractivity contribution >= 4 is 43.2 Å². The maximum absolute atomic E-state index is 13.3. The number of nitrogens with one attached hydrogen (secondary N) is 2. The highest BCUT2D eigenvalue weighted by Crippen LogP contribution is 2.39. The van der Waals surface area contributed by atoms with Crippen LogP contribution >= 0.6 is 11.3 Å². The number of hydrogen-bond acceptors (Lipinski definition) is 9. The van der Waals surface area contributed by atoms with E-state index in [4.69, 9.17) is 4.74 Å². The summed E-state index contributed by atoms with van der Waals surface area (Å²) in [6.07, 6.45) is 6.48. The van der Waals surface area contributed by atoms with Crippen LogP contribution in [0.1, 0.15) is 15.9 Å². The van der Waals surface area contributed by atoms with Gasteiger partial charge in [0, 0.05) is 46.7 Å². The first kappa shape index (κ1) is 23.0. The van der Waals surface area contributed by atoms with Crippen molar-refractivity contribution in [3.05, 3.63) is 78.5 Å². The quantitative estimate of drug-likeness (QED) is 0.333. The average molecular weight is 531 g/mol. The fourth-order valence-corrected chi connectivity index (χ4v) is 6.23. The van der Waals surface area contributed by atoms with Crippen molar-refractivity contribution in [2.24, 2.45) is 0 Å². The van der Waals surface area contributed by atoms with Crippen LogP contribution in [0.3, 0.4) is 0 Å². The van der Waals surface area contributed by atoms with Crippen LogP contribution in [0, 0.1) is 0 Å². The highest BCUT2D eigenvalue weighted by atomic mass is 32.2. The molecule has 0 unspecified atom stereocenters. The van der Waals surface area contributed by atoms with Crippen LogP contribution in [0.25, 0.3) is 31.9 Å². The molecule has 0 atom stereocenters. The first-order valence-electron chi connectivity index (χ1n) is 11.1. The Morgan fingerprint density at radius 1 is 0.973 bits per heavy atom. The Labute approximate surface area is 215 Å². The number of nitrogens with zero attached hydrogens (tertiary/aromatic N) is 4. The Morgan fingerprint density at radius 3 is 2.73 bits per heavy atom. The summed E-state index contributed by atoms with van der Waals surface area (Å²) in [7, 11) is -2.65. The predicted molar refractivity (Wildman–Crippen MR) is 139 cm³/mol. The molecule has 1 amide bonds. The first-order valence-corrected chi connectivity index (χ1v) is 13.4. The Morgan fingerprint density at radius 2 is 1.86 bits per heavy atom. The molecule has 0 saturated heterocycles. The van der Waals surface area contributed by atoms with Crippen molar-refractivity contribution in [1.29, 1.82) is 0 Å². The minimum atomic E-state index is -4.06. The summed E-state index contributed by atoms with van der Waals surface area (Å²) in [6, 6.07) is 11.3. The second-order valence-corrected chi connectivity index (χ2v) is 11.0. The number of thiophene rings is 1. The summed E-state index contributed by atoms with van der Waals surface area (Å²) < 4.78 is 35.2. The maximum Gasteiger partial charge on any atom is 0.262 e. The van der Waals surface area contributed by atoms with Crippen LogP contribution in [-0.2, 0) is 16.6 Å². The van der Waals surface area contributed by atoms with Crippen LogP contribution in [0.4, 0.5) is 5.69 Å². The van der Waals surface area contributed by atoms with Crippen molar-refractivity contribution in [2.75, 3.05) is 11.8 Å². The minimum Gasteiger partial charge on any atom is -0.480 e. The standard InChI is InChI=1S/C25H18N6O4S2/c1-35-25-20-7-16(12-28-25)21-8-19-23(36-21)22(30-13-29-19)17-5-14(9-26-11-17)10-27-24(32)15-3-2-4-18(6-15)37(33,34)31-20/h2-9,11-13,31H,10H2,1H3,(H,27,32). The molecule has 184 valence electrons. The number of amides is 1. The van der Waals surface area contributed by atoms with Crippen LogP contribution in [0.15, 0.2) is 72.3 Å². The summed E-state index contributed by atoms with van der Waals surface area (Å²) >= 11 is 1.46. The lowest BCUT2D eigenvalue weighted by Gasteiger charge is -2.13. The monoisotopic (exact) mass is 530 g/mol. The van der Waals surface area contributed by atoms with Crippen LogP contribution < -0.4 is 14.8 Å². The lowest BCUT2D eigenvalue weighted by Crippen LogP contribution is -2.23. The van der Waals surface area contributed by atoms with E-state index >= 15 is 0 Å². The van der Waals surface area contributed by atoms with Gasteiger partial charge in [-0.2, -0.15) is 0 Å². The van der Waals surface area contributed by atoms with Gasteiger partial charge in [-0.05, 0) is 42.0 Å². The van der Waals surface area contributed by atoms with E-state index in [9.17, 15) is 13.2 Å². The number of carbonyl (C=O) groups excluding carboxylic acids is 1. The van der Waals surface area contributed by atoms with Crippen molar-refractivity contribution in [2.45, 2.75) is 11.4 Å². The molecule has 12 heteroatoms. The number of pyridine rings is 2. The SMILES string of the molecule is COc1ncc2cc1NS(=O)(=O)c1cccc(c1)C(=O)NCc1cncc(c1)-c1ncnc3cc-2sc13. The Balaban J connectivity index is 1.58. The Bertz CT molecular complexity index is 1800. The summed E-state index contributed by atoms with van der Waals surface area (Å²) in [5, 5.41) is 2.83. The van der Waals surface area contributed by atoms with Crippen molar-refractivity contribution in [3.63, 3.8) is 0 Å². The zero-order valence-electron chi connectivity index (χ0n) is 19.3. The van der Waals surface area contributed by atoms with Gasteiger partial charge in [-0.1, -0.05) is 6.07 Å². The van der Waals surface area contributed by atoms with E-state index in [2.05, 4.69) is 30.0 Å². The maximum atomic E-state index is 13.3. The smallest absolute Gasteiger partial charge is 0.262 e. The molecular weight excluding hydrogens is 512 g/mol. The number of benzene rings is 1. The third-order valence-corrected chi connectivity index (χ3v) is 8.36. The van der Waals surface area contributed by atoms with E-state index in [0.29, 0.717) is 11.3 Å². The highest BCUT2D eigenvalue weighted by Gasteiger charge is 2.21. The topological polar surface area (TPSA) is 136 Å². The van der Waals surface area contributed by atoms with E-state index < -0.39 is 15.9 Å². The molecule has 5 heterocycles. The van der Waals surface area contributed by atoms with Gasteiger partial charge < -0.3 is 10.1 Å². The molecule has 4 aromatic heterocycles. The summed E-state index contributed by atoms with van der Waals surface area (Å²) in [6.45, 7) is 0.201. The van der Waals surface area contributed by atoms with Crippen LogP contribution in [0.2, 0.25) is 0 Å². The number of fused-ring (bicyclic) bond motifs is 9. The molecule has 8 bridgehead atoms. The molecule has 1 aromatic carbocycles. The summed E-state index contributed by atoms with van der Waals surface area (Å²) in [5.41, 5.74) is 4.04. The molecule has 5 aromatic rings. The van der Waals surface area contributed by atoms with E-state index in [1.54, 1.807) is 30.7 Å². The van der Waals surface area contributed by atoms with Gasteiger partial charge in [-0.3, -0.25) is 14.5 Å². The fourth-order valence-electron chi connectivity index (χ4n) is 4.03. The van der Waals surface area contributed by atoms with Crippen molar-refractivity contribution in [1.82, 2.24) is 25.3 Å². The number of ether oxygens (including phenoxy) is 1. The predicted octanol–water partition coefficient (Wildman–Crippen LogP) is 3.87. The first-order chi connectivity index (χ1) is 17.9. The summed E-state index contributed by atoms with van der Waals surface area (Å²) in [5.74, 6) is -0.308. The number of rotatable bonds is 1. The van der Waals surface area contributed by atoms with E-state index in [1.165, 1.54) is 43.0 Å². The lowest BCUT2D eigenvalue weighted by atomic mass is 10.1. The minimum absolute atomic E-state index is 0.0702. The molecule has 10 nitrogen and oxygen atoms in total. The third-order valence-electron chi connectivity index (χ3n) is 5.81. The molecule has 1 aliphatic heterocycles. The Kier molecular flexibility index (Phi) is 5.54. The number of anilines is 1. The summed E-state index contributed by atoms with van der Waals surface area (Å²) in [4.78, 5) is 31.2. The molecule has 2 N–H and O–H groups in total. The van der Waals surface area contributed by atoms with Crippen LogP contribution in [-0.4, -0.2) is 41.4 Å². The molecule has 0 radical (unpaired) electrons. The number of carbonyl (C=O) groups is 1. The number of sulfonamides is 1. The van der Waals surface area contributed by atoms with Gasteiger partial charge >= 0.3 is 0 Å². The average Bonchev–Trinajstić information content (AvgIpc) is 3.36. The van der Waals surface area contributed by atoms with Gasteiger partial charge in [0.05, 0.1) is 27.9 Å². The number of aromatic nitrogens is 4. The van der Waals surface area contributed by atoms with Gasteiger partial charge in [0.2, 0.25) is 5.88 Å². The molecule has 0 fully saturated rings. The normalized spacial score (nSPS) is 14.4. The second-order valence-electron chi connectivity index (χ2n) is 8.23. The van der Waals surface area contributed by atoms with Gasteiger partial charge in [0.15, 0.2) is 0 Å². The van der Waals surface area contributed by atoms with Crippen molar-refractivity contribution in [3.8, 4) is 27.6 Å². The van der Waals surface area contributed by atoms with E-state index in [1.807, 2.05) is 12.1 Å². The van der Waals surface area contributed by atoms with Gasteiger partial charge in [0.25, 0.3) is 15.9 Å². The molecule has 0 saturated carbocycles.